The Balaban J connectivity index is 2.10. The normalized spacial score (nSPS) is 19.0. The van der Waals surface area contributed by atoms with Crippen LogP contribution in [0.3, 0.4) is 0 Å². The lowest BCUT2D eigenvalue weighted by Gasteiger charge is -2.25. The summed E-state index contributed by atoms with van der Waals surface area (Å²) >= 11 is 0. The Morgan fingerprint density at radius 2 is 2.39 bits per heavy atom. The van der Waals surface area contributed by atoms with Crippen molar-refractivity contribution >= 4 is 6.03 Å². The Morgan fingerprint density at radius 1 is 1.56 bits per heavy atom. The fraction of sp³-hybridized carbons (Fsp3) is 0.500. The summed E-state index contributed by atoms with van der Waals surface area (Å²) in [4.78, 5) is 13.8. The SMILES string of the molecule is CCCNC(=O)N1CCCC1c1cccc(F)c1. The molecule has 0 aromatic heterocycles. The number of benzene rings is 1. The molecule has 0 spiro atoms. The van der Waals surface area contributed by atoms with Crippen molar-refractivity contribution in [3.63, 3.8) is 0 Å². The zero-order valence-electron chi connectivity index (χ0n) is 10.7. The van der Waals surface area contributed by atoms with Crippen molar-refractivity contribution in [1.82, 2.24) is 10.2 Å². The lowest BCUT2D eigenvalue weighted by atomic mass is 10.0. The quantitative estimate of drug-likeness (QED) is 0.878. The van der Waals surface area contributed by atoms with Gasteiger partial charge in [-0.2, -0.15) is 0 Å². The lowest BCUT2D eigenvalue weighted by Crippen LogP contribution is -2.39. The van der Waals surface area contributed by atoms with Crippen LogP contribution in [-0.2, 0) is 0 Å². The summed E-state index contributed by atoms with van der Waals surface area (Å²) in [5, 5.41) is 2.88. The van der Waals surface area contributed by atoms with E-state index in [0.717, 1.165) is 31.4 Å². The maximum absolute atomic E-state index is 13.2. The predicted octanol–water partition coefficient (Wildman–Crippen LogP) is 3.08. The van der Waals surface area contributed by atoms with E-state index in [9.17, 15) is 9.18 Å². The molecule has 18 heavy (non-hydrogen) atoms. The maximum Gasteiger partial charge on any atom is 0.317 e. The fourth-order valence-electron chi connectivity index (χ4n) is 2.40. The Bertz CT molecular complexity index is 422. The molecule has 1 aromatic carbocycles. The summed E-state index contributed by atoms with van der Waals surface area (Å²) in [7, 11) is 0. The number of urea groups is 1. The number of carbonyl (C=O) groups is 1. The molecule has 1 saturated heterocycles. The van der Waals surface area contributed by atoms with Crippen molar-refractivity contribution in [2.24, 2.45) is 0 Å². The van der Waals surface area contributed by atoms with Crippen LogP contribution in [0.4, 0.5) is 9.18 Å². The molecule has 1 aliphatic heterocycles. The molecule has 1 N–H and O–H groups in total. The molecule has 0 bridgehead atoms. The minimum atomic E-state index is -0.242. The second-order valence-electron chi connectivity index (χ2n) is 4.64. The van der Waals surface area contributed by atoms with Crippen molar-refractivity contribution in [1.29, 1.82) is 0 Å². The van der Waals surface area contributed by atoms with Gasteiger partial charge in [-0.05, 0) is 37.0 Å². The molecule has 1 unspecified atom stereocenters. The van der Waals surface area contributed by atoms with Gasteiger partial charge in [-0.1, -0.05) is 19.1 Å². The van der Waals surface area contributed by atoms with Crippen molar-refractivity contribution < 1.29 is 9.18 Å². The molecular formula is C14H19FN2O. The Hall–Kier alpha value is -1.58. The zero-order chi connectivity index (χ0) is 13.0. The van der Waals surface area contributed by atoms with E-state index >= 15 is 0 Å². The molecule has 1 fully saturated rings. The molecule has 1 heterocycles. The number of carbonyl (C=O) groups excluding carboxylic acids is 1. The Morgan fingerprint density at radius 3 is 3.11 bits per heavy atom. The van der Waals surface area contributed by atoms with Gasteiger partial charge in [-0.25, -0.2) is 9.18 Å². The van der Waals surface area contributed by atoms with Gasteiger partial charge in [0.1, 0.15) is 5.82 Å². The van der Waals surface area contributed by atoms with Crippen molar-refractivity contribution in [2.45, 2.75) is 32.2 Å². The molecule has 0 radical (unpaired) electrons. The number of likely N-dealkylation sites (tertiary alicyclic amines) is 1. The molecule has 3 nitrogen and oxygen atoms in total. The standard InChI is InChI=1S/C14H19FN2O/c1-2-8-16-14(18)17-9-4-7-13(17)11-5-3-6-12(15)10-11/h3,5-6,10,13H,2,4,7-9H2,1H3,(H,16,18). The summed E-state index contributed by atoms with van der Waals surface area (Å²) in [6, 6.07) is 6.52. The summed E-state index contributed by atoms with van der Waals surface area (Å²) in [6.07, 6.45) is 2.80. The van der Waals surface area contributed by atoms with Crippen LogP contribution in [-0.4, -0.2) is 24.0 Å². The van der Waals surface area contributed by atoms with Crippen LogP contribution in [0.2, 0.25) is 0 Å². The van der Waals surface area contributed by atoms with Crippen LogP contribution < -0.4 is 5.32 Å². The highest BCUT2D eigenvalue weighted by Crippen LogP contribution is 2.31. The zero-order valence-corrected chi connectivity index (χ0v) is 10.7. The molecule has 2 rings (SSSR count). The number of hydrogen-bond donors (Lipinski definition) is 1. The predicted molar refractivity (Wildman–Crippen MR) is 68.8 cm³/mol. The molecule has 0 saturated carbocycles. The molecule has 1 aliphatic rings. The summed E-state index contributed by atoms with van der Waals surface area (Å²) in [5.74, 6) is -0.242. The first-order chi connectivity index (χ1) is 8.72. The monoisotopic (exact) mass is 250 g/mol. The molecule has 0 aliphatic carbocycles. The highest BCUT2D eigenvalue weighted by molar-refractivity contribution is 5.75. The minimum Gasteiger partial charge on any atom is -0.338 e. The number of hydrogen-bond acceptors (Lipinski definition) is 1. The highest BCUT2D eigenvalue weighted by atomic mass is 19.1. The molecule has 1 atom stereocenters. The van der Waals surface area contributed by atoms with Crippen LogP contribution in [0.15, 0.2) is 24.3 Å². The minimum absolute atomic E-state index is 0.0116. The number of nitrogens with zero attached hydrogens (tertiary/aromatic N) is 1. The summed E-state index contributed by atoms with van der Waals surface area (Å²) < 4.78 is 13.2. The van der Waals surface area contributed by atoms with Gasteiger partial charge >= 0.3 is 6.03 Å². The van der Waals surface area contributed by atoms with Crippen molar-refractivity contribution in [3.05, 3.63) is 35.6 Å². The first-order valence-electron chi connectivity index (χ1n) is 6.52. The summed E-state index contributed by atoms with van der Waals surface area (Å²) in [5.41, 5.74) is 0.888. The lowest BCUT2D eigenvalue weighted by molar-refractivity contribution is 0.193. The van der Waals surface area contributed by atoms with E-state index in [4.69, 9.17) is 0 Å². The first-order valence-corrected chi connectivity index (χ1v) is 6.52. The summed E-state index contributed by atoms with van der Waals surface area (Å²) in [6.45, 7) is 3.45. The van der Waals surface area contributed by atoms with Crippen LogP contribution in [0.25, 0.3) is 0 Å². The Labute approximate surface area is 107 Å². The fourth-order valence-corrected chi connectivity index (χ4v) is 2.40. The van der Waals surface area contributed by atoms with E-state index in [-0.39, 0.29) is 17.9 Å². The largest absolute Gasteiger partial charge is 0.338 e. The van der Waals surface area contributed by atoms with E-state index < -0.39 is 0 Å². The van der Waals surface area contributed by atoms with Crippen LogP contribution in [0.5, 0.6) is 0 Å². The average molecular weight is 250 g/mol. The van der Waals surface area contributed by atoms with Gasteiger partial charge in [0, 0.05) is 13.1 Å². The van der Waals surface area contributed by atoms with Gasteiger partial charge in [0.05, 0.1) is 6.04 Å². The van der Waals surface area contributed by atoms with Gasteiger partial charge < -0.3 is 10.2 Å². The van der Waals surface area contributed by atoms with Gasteiger partial charge in [0.15, 0.2) is 0 Å². The smallest absolute Gasteiger partial charge is 0.317 e. The van der Waals surface area contributed by atoms with E-state index in [1.165, 1.54) is 12.1 Å². The van der Waals surface area contributed by atoms with E-state index in [2.05, 4.69) is 5.32 Å². The highest BCUT2D eigenvalue weighted by Gasteiger charge is 2.29. The second-order valence-corrected chi connectivity index (χ2v) is 4.64. The maximum atomic E-state index is 13.2. The average Bonchev–Trinajstić information content (AvgIpc) is 2.85. The molecule has 98 valence electrons. The third-order valence-corrected chi connectivity index (χ3v) is 3.27. The number of amides is 2. The molecule has 1 aromatic rings. The second kappa shape index (κ2) is 5.85. The number of nitrogens with one attached hydrogen (secondary N) is 1. The van der Waals surface area contributed by atoms with Gasteiger partial charge in [-0.3, -0.25) is 0 Å². The van der Waals surface area contributed by atoms with Gasteiger partial charge in [-0.15, -0.1) is 0 Å². The van der Waals surface area contributed by atoms with Crippen molar-refractivity contribution in [3.8, 4) is 0 Å². The molecule has 4 heteroatoms. The number of halogens is 1. The van der Waals surface area contributed by atoms with E-state index in [1.807, 2.05) is 17.9 Å². The molecular weight excluding hydrogens is 231 g/mol. The third-order valence-electron chi connectivity index (χ3n) is 3.27. The van der Waals surface area contributed by atoms with Crippen LogP contribution >= 0.6 is 0 Å². The van der Waals surface area contributed by atoms with Gasteiger partial charge in [0.25, 0.3) is 0 Å². The van der Waals surface area contributed by atoms with Crippen molar-refractivity contribution in [2.75, 3.05) is 13.1 Å². The Kier molecular flexibility index (Phi) is 4.18. The van der Waals surface area contributed by atoms with E-state index in [1.54, 1.807) is 6.07 Å². The number of rotatable bonds is 3. The first kappa shape index (κ1) is 12.9. The van der Waals surface area contributed by atoms with Crippen LogP contribution in [0, 0.1) is 5.82 Å². The van der Waals surface area contributed by atoms with Gasteiger partial charge in [0.2, 0.25) is 0 Å². The topological polar surface area (TPSA) is 32.3 Å². The third kappa shape index (κ3) is 2.81. The van der Waals surface area contributed by atoms with Crippen LogP contribution in [0.1, 0.15) is 37.8 Å². The molecule has 2 amide bonds. The van der Waals surface area contributed by atoms with E-state index in [0.29, 0.717) is 6.54 Å².